The molecule has 1 fully saturated rings. The molecule has 4 heteroatoms. The van der Waals surface area contributed by atoms with Crippen LogP contribution in [0.4, 0.5) is 0 Å². The molecule has 0 amide bonds. The van der Waals surface area contributed by atoms with Gasteiger partial charge in [-0.1, -0.05) is 0 Å². The van der Waals surface area contributed by atoms with E-state index in [9.17, 15) is 4.91 Å². The van der Waals surface area contributed by atoms with Gasteiger partial charge < -0.3 is 11.1 Å². The molecule has 0 aromatic rings. The van der Waals surface area contributed by atoms with E-state index in [0.717, 1.165) is 0 Å². The van der Waals surface area contributed by atoms with Crippen LogP contribution in [-0.2, 0) is 0 Å². The monoisotopic (exact) mass is 101 g/mol. The van der Waals surface area contributed by atoms with Gasteiger partial charge in [0.05, 0.1) is 0 Å². The first-order valence-electron chi connectivity index (χ1n) is 2.11. The average Bonchev–Trinajstić information content (AvgIpc) is 1.61. The molecule has 0 aromatic heterocycles. The number of nitrogens with two attached hydrogens (primary N) is 1. The van der Waals surface area contributed by atoms with Gasteiger partial charge in [0, 0.05) is 13.1 Å². The molecule has 0 aliphatic carbocycles. The number of hydrogen-bond acceptors (Lipinski definition) is 4. The number of hydrogen-bond donors (Lipinski definition) is 2. The molecule has 40 valence electrons. The van der Waals surface area contributed by atoms with Crippen molar-refractivity contribution in [2.45, 2.75) is 5.66 Å². The second kappa shape index (κ2) is 1.24. The van der Waals surface area contributed by atoms with Crippen molar-refractivity contribution >= 4 is 0 Å². The van der Waals surface area contributed by atoms with Crippen LogP contribution in [0.25, 0.3) is 0 Å². The second-order valence-corrected chi connectivity index (χ2v) is 1.80. The standard InChI is InChI=1S/C3H7N3O/c4-3(6-7)1-5-2-3/h5H,1-2,4H2. The molecule has 0 radical (unpaired) electrons. The minimum Gasteiger partial charge on any atom is -0.309 e. The maximum Gasteiger partial charge on any atom is 0.175 e. The summed E-state index contributed by atoms with van der Waals surface area (Å²) < 4.78 is 0. The zero-order chi connectivity index (χ0) is 5.33. The van der Waals surface area contributed by atoms with Crippen LogP contribution in [0, 0.1) is 4.91 Å². The predicted octanol–water partition coefficient (Wildman–Crippen LogP) is -0.989. The Morgan fingerprint density at radius 2 is 2.29 bits per heavy atom. The van der Waals surface area contributed by atoms with Gasteiger partial charge in [-0.3, -0.25) is 0 Å². The van der Waals surface area contributed by atoms with Crippen LogP contribution in [-0.4, -0.2) is 18.8 Å². The van der Waals surface area contributed by atoms with Crippen LogP contribution in [0.3, 0.4) is 0 Å². The van der Waals surface area contributed by atoms with Crippen molar-refractivity contribution in [2.75, 3.05) is 13.1 Å². The van der Waals surface area contributed by atoms with Gasteiger partial charge in [-0.2, -0.15) is 0 Å². The van der Waals surface area contributed by atoms with E-state index in [1.165, 1.54) is 0 Å². The van der Waals surface area contributed by atoms with Crippen molar-refractivity contribution in [3.8, 4) is 0 Å². The van der Waals surface area contributed by atoms with Crippen molar-refractivity contribution in [2.24, 2.45) is 10.9 Å². The Kier molecular flexibility index (Phi) is 0.831. The molecule has 1 aliphatic heterocycles. The minimum absolute atomic E-state index is 0.524. The number of nitroso groups, excluding NO2 is 1. The Hall–Kier alpha value is -0.480. The molecular formula is C3H7N3O. The lowest BCUT2D eigenvalue weighted by molar-refractivity contribution is 0.291. The first-order chi connectivity index (χ1) is 3.27. The van der Waals surface area contributed by atoms with Crippen LogP contribution < -0.4 is 11.1 Å². The molecule has 0 atom stereocenters. The summed E-state index contributed by atoms with van der Waals surface area (Å²) in [7, 11) is 0. The Bertz CT molecular complexity index is 88.2. The van der Waals surface area contributed by atoms with Crippen molar-refractivity contribution < 1.29 is 0 Å². The van der Waals surface area contributed by atoms with E-state index in [1.54, 1.807) is 0 Å². The topological polar surface area (TPSA) is 67.5 Å². The molecule has 7 heavy (non-hydrogen) atoms. The van der Waals surface area contributed by atoms with E-state index in [1.807, 2.05) is 0 Å². The van der Waals surface area contributed by atoms with Gasteiger partial charge in [-0.05, 0) is 5.18 Å². The molecule has 4 nitrogen and oxygen atoms in total. The van der Waals surface area contributed by atoms with Gasteiger partial charge >= 0.3 is 0 Å². The van der Waals surface area contributed by atoms with E-state index in [2.05, 4.69) is 10.5 Å². The quantitative estimate of drug-likeness (QED) is 0.417. The lowest BCUT2D eigenvalue weighted by atomic mass is 10.1. The Balaban J connectivity index is 2.43. The van der Waals surface area contributed by atoms with Gasteiger partial charge in [-0.15, -0.1) is 4.91 Å². The summed E-state index contributed by atoms with van der Waals surface area (Å²) in [5, 5.41) is 5.52. The van der Waals surface area contributed by atoms with Crippen molar-refractivity contribution in [1.29, 1.82) is 0 Å². The molecule has 0 unspecified atom stereocenters. The molecule has 1 rings (SSSR count). The Morgan fingerprint density at radius 3 is 2.29 bits per heavy atom. The van der Waals surface area contributed by atoms with Crippen LogP contribution in [0.2, 0.25) is 0 Å². The smallest absolute Gasteiger partial charge is 0.175 e. The number of rotatable bonds is 1. The van der Waals surface area contributed by atoms with Crippen LogP contribution in [0.1, 0.15) is 0 Å². The maximum atomic E-state index is 9.69. The van der Waals surface area contributed by atoms with E-state index in [4.69, 9.17) is 5.73 Å². The molecule has 0 bridgehead atoms. The minimum atomic E-state index is -0.778. The van der Waals surface area contributed by atoms with Gasteiger partial charge in [0.1, 0.15) is 0 Å². The number of nitrogens with one attached hydrogen (secondary N) is 1. The summed E-state index contributed by atoms with van der Waals surface area (Å²) in [6.07, 6.45) is 0. The van der Waals surface area contributed by atoms with Gasteiger partial charge in [0.15, 0.2) is 5.66 Å². The highest BCUT2D eigenvalue weighted by atomic mass is 16.3. The molecule has 1 aliphatic rings. The average molecular weight is 101 g/mol. The van der Waals surface area contributed by atoms with Crippen molar-refractivity contribution in [3.63, 3.8) is 0 Å². The van der Waals surface area contributed by atoms with Crippen LogP contribution in [0.15, 0.2) is 5.18 Å². The molecular weight excluding hydrogens is 94.1 g/mol. The summed E-state index contributed by atoms with van der Waals surface area (Å²) in [5.41, 5.74) is 4.48. The molecule has 0 saturated carbocycles. The SMILES string of the molecule is NC1(N=O)CNC1. The predicted molar refractivity (Wildman–Crippen MR) is 25.6 cm³/mol. The van der Waals surface area contributed by atoms with E-state index >= 15 is 0 Å². The fourth-order valence-corrected chi connectivity index (χ4v) is 0.446. The fourth-order valence-electron chi connectivity index (χ4n) is 0.446. The Morgan fingerprint density at radius 1 is 1.71 bits per heavy atom. The Labute approximate surface area is 41.0 Å². The van der Waals surface area contributed by atoms with E-state index in [0.29, 0.717) is 13.1 Å². The van der Waals surface area contributed by atoms with E-state index < -0.39 is 5.66 Å². The number of nitrogens with zero attached hydrogens (tertiary/aromatic N) is 1. The largest absolute Gasteiger partial charge is 0.309 e. The summed E-state index contributed by atoms with van der Waals surface area (Å²) in [4.78, 5) is 9.69. The van der Waals surface area contributed by atoms with Gasteiger partial charge in [0.25, 0.3) is 0 Å². The zero-order valence-corrected chi connectivity index (χ0v) is 3.85. The maximum absolute atomic E-state index is 9.69. The highest BCUT2D eigenvalue weighted by Gasteiger charge is 2.33. The lowest BCUT2D eigenvalue weighted by Crippen LogP contribution is -2.64. The summed E-state index contributed by atoms with van der Waals surface area (Å²) >= 11 is 0. The zero-order valence-electron chi connectivity index (χ0n) is 3.85. The normalized spacial score (nSPS) is 25.9. The second-order valence-electron chi connectivity index (χ2n) is 1.80. The molecule has 3 N–H and O–H groups in total. The molecule has 1 heterocycles. The third-order valence-electron chi connectivity index (χ3n) is 1.04. The lowest BCUT2D eigenvalue weighted by Gasteiger charge is -2.30. The molecule has 0 spiro atoms. The third kappa shape index (κ3) is 0.618. The third-order valence-corrected chi connectivity index (χ3v) is 1.04. The van der Waals surface area contributed by atoms with Crippen LogP contribution >= 0.6 is 0 Å². The fraction of sp³-hybridized carbons (Fsp3) is 1.00. The summed E-state index contributed by atoms with van der Waals surface area (Å²) in [6, 6.07) is 0. The van der Waals surface area contributed by atoms with Gasteiger partial charge in [-0.25, -0.2) is 0 Å². The first kappa shape index (κ1) is 4.67. The van der Waals surface area contributed by atoms with Crippen molar-refractivity contribution in [1.82, 2.24) is 5.32 Å². The van der Waals surface area contributed by atoms with Crippen LogP contribution in [0.5, 0.6) is 0 Å². The summed E-state index contributed by atoms with van der Waals surface area (Å²) in [6.45, 7) is 1.05. The molecule has 1 saturated heterocycles. The van der Waals surface area contributed by atoms with Crippen molar-refractivity contribution in [3.05, 3.63) is 4.91 Å². The molecule has 0 aromatic carbocycles. The highest BCUT2D eigenvalue weighted by molar-refractivity contribution is 4.94. The first-order valence-corrected chi connectivity index (χ1v) is 2.11. The highest BCUT2D eigenvalue weighted by Crippen LogP contribution is 2.05. The van der Waals surface area contributed by atoms with E-state index in [-0.39, 0.29) is 0 Å². The van der Waals surface area contributed by atoms with Gasteiger partial charge in [0.2, 0.25) is 0 Å². The summed E-state index contributed by atoms with van der Waals surface area (Å²) in [5.74, 6) is 0.